The van der Waals surface area contributed by atoms with Gasteiger partial charge in [0.25, 0.3) is 10.9 Å². The summed E-state index contributed by atoms with van der Waals surface area (Å²) < 4.78 is 10.7. The maximum atomic E-state index is 11.5. The minimum Gasteiger partial charge on any atom is -0.380 e. The first kappa shape index (κ1) is 13.0. The van der Waals surface area contributed by atoms with Gasteiger partial charge in [0.1, 0.15) is 11.4 Å². The number of anilines is 2. The van der Waals surface area contributed by atoms with Crippen LogP contribution in [0.1, 0.15) is 6.42 Å². The van der Waals surface area contributed by atoms with Crippen LogP contribution in [0, 0.1) is 0 Å². The SMILES string of the molecule is O=c1c2c(c1=O)N(CC=CP(=O)(O)O)CCCN2. The molecule has 98 valence electrons. The van der Waals surface area contributed by atoms with E-state index >= 15 is 0 Å². The van der Waals surface area contributed by atoms with Crippen LogP contribution in [-0.2, 0) is 4.57 Å². The van der Waals surface area contributed by atoms with Crippen molar-refractivity contribution >= 4 is 19.0 Å². The number of nitrogens with zero attached hydrogens (tertiary/aromatic N) is 1. The fourth-order valence-corrected chi connectivity index (χ4v) is 2.30. The number of hydrogen-bond donors (Lipinski definition) is 3. The average Bonchev–Trinajstić information content (AvgIpc) is 2.47. The lowest BCUT2D eigenvalue weighted by Crippen LogP contribution is -2.41. The van der Waals surface area contributed by atoms with Crippen LogP contribution in [0.2, 0.25) is 0 Å². The van der Waals surface area contributed by atoms with Crippen LogP contribution in [0.4, 0.5) is 11.4 Å². The van der Waals surface area contributed by atoms with E-state index < -0.39 is 18.5 Å². The van der Waals surface area contributed by atoms with E-state index in [0.29, 0.717) is 24.5 Å². The Morgan fingerprint density at radius 1 is 1.33 bits per heavy atom. The third-order valence-corrected chi connectivity index (χ3v) is 3.33. The number of hydrogen-bond acceptors (Lipinski definition) is 5. The summed E-state index contributed by atoms with van der Waals surface area (Å²) in [5, 5.41) is 2.89. The summed E-state index contributed by atoms with van der Waals surface area (Å²) in [6, 6.07) is 0. The lowest BCUT2D eigenvalue weighted by molar-refractivity contribution is 0.386. The smallest absolute Gasteiger partial charge is 0.348 e. The molecular formula is C10H13N2O5P. The predicted molar refractivity (Wildman–Crippen MR) is 67.9 cm³/mol. The van der Waals surface area contributed by atoms with Crippen molar-refractivity contribution in [2.24, 2.45) is 0 Å². The van der Waals surface area contributed by atoms with Gasteiger partial charge in [-0.3, -0.25) is 14.2 Å². The molecule has 1 heterocycles. The van der Waals surface area contributed by atoms with E-state index in [1.165, 1.54) is 6.08 Å². The Hall–Kier alpha value is -1.43. The number of nitrogens with one attached hydrogen (secondary N) is 1. The Bertz CT molecular complexity index is 596. The molecule has 0 amide bonds. The van der Waals surface area contributed by atoms with Crippen molar-refractivity contribution in [1.29, 1.82) is 0 Å². The quantitative estimate of drug-likeness (QED) is 0.507. The minimum absolute atomic E-state index is 0.199. The molecule has 8 heteroatoms. The highest BCUT2D eigenvalue weighted by Crippen LogP contribution is 2.36. The fourth-order valence-electron chi connectivity index (χ4n) is 1.93. The van der Waals surface area contributed by atoms with Gasteiger partial charge in [0.15, 0.2) is 0 Å². The second-order valence-corrected chi connectivity index (χ2v) is 5.56. The van der Waals surface area contributed by atoms with Gasteiger partial charge in [0, 0.05) is 25.5 Å². The zero-order valence-electron chi connectivity index (χ0n) is 9.50. The third kappa shape index (κ3) is 2.53. The largest absolute Gasteiger partial charge is 0.380 e. The molecule has 0 aliphatic carbocycles. The average molecular weight is 272 g/mol. The summed E-state index contributed by atoms with van der Waals surface area (Å²) in [7, 11) is -4.18. The van der Waals surface area contributed by atoms with Crippen LogP contribution >= 0.6 is 7.60 Å². The summed E-state index contributed by atoms with van der Waals surface area (Å²) in [5.74, 6) is 0.802. The van der Waals surface area contributed by atoms with Gasteiger partial charge in [-0.2, -0.15) is 0 Å². The molecule has 7 nitrogen and oxygen atoms in total. The van der Waals surface area contributed by atoms with Crippen molar-refractivity contribution in [3.05, 3.63) is 32.3 Å². The van der Waals surface area contributed by atoms with Crippen LogP contribution in [0.15, 0.2) is 21.5 Å². The zero-order valence-corrected chi connectivity index (χ0v) is 10.4. The van der Waals surface area contributed by atoms with Gasteiger partial charge in [-0.1, -0.05) is 6.08 Å². The van der Waals surface area contributed by atoms with E-state index in [2.05, 4.69) is 5.32 Å². The molecule has 3 N–H and O–H groups in total. The highest BCUT2D eigenvalue weighted by Gasteiger charge is 2.27. The van der Waals surface area contributed by atoms with Crippen molar-refractivity contribution in [3.8, 4) is 0 Å². The van der Waals surface area contributed by atoms with E-state index in [1.807, 2.05) is 0 Å². The normalized spacial score (nSPS) is 16.7. The van der Waals surface area contributed by atoms with Crippen molar-refractivity contribution < 1.29 is 14.4 Å². The summed E-state index contributed by atoms with van der Waals surface area (Å²) in [6.45, 7) is 1.37. The van der Waals surface area contributed by atoms with E-state index in [0.717, 1.165) is 12.2 Å². The zero-order chi connectivity index (χ0) is 13.3. The molecule has 18 heavy (non-hydrogen) atoms. The van der Waals surface area contributed by atoms with Gasteiger partial charge in [0.05, 0.1) is 0 Å². The molecule has 1 aromatic rings. The Balaban J connectivity index is 2.17. The summed E-state index contributed by atoms with van der Waals surface area (Å²) in [6.07, 6.45) is 2.06. The highest BCUT2D eigenvalue weighted by atomic mass is 31.2. The Kier molecular flexibility index (Phi) is 3.38. The van der Waals surface area contributed by atoms with Gasteiger partial charge < -0.3 is 20.0 Å². The Morgan fingerprint density at radius 3 is 2.72 bits per heavy atom. The van der Waals surface area contributed by atoms with Crippen molar-refractivity contribution in [2.75, 3.05) is 29.9 Å². The second kappa shape index (κ2) is 4.68. The van der Waals surface area contributed by atoms with Gasteiger partial charge >= 0.3 is 7.60 Å². The molecule has 0 spiro atoms. The van der Waals surface area contributed by atoms with Crippen LogP contribution in [-0.4, -0.2) is 29.4 Å². The molecule has 0 atom stereocenters. The van der Waals surface area contributed by atoms with Gasteiger partial charge in [0.2, 0.25) is 0 Å². The molecule has 0 saturated heterocycles. The van der Waals surface area contributed by atoms with E-state index in [-0.39, 0.29) is 6.54 Å². The predicted octanol–water partition coefficient (Wildman–Crippen LogP) is -0.404. The third-order valence-electron chi connectivity index (χ3n) is 2.73. The number of rotatable bonds is 3. The molecule has 1 aromatic carbocycles. The first-order valence-corrected chi connectivity index (χ1v) is 7.13. The molecular weight excluding hydrogens is 259 g/mol. The lowest BCUT2D eigenvalue weighted by Gasteiger charge is -2.22. The van der Waals surface area contributed by atoms with Crippen LogP contribution in [0.5, 0.6) is 0 Å². The monoisotopic (exact) mass is 272 g/mol. The van der Waals surface area contributed by atoms with Crippen LogP contribution in [0.3, 0.4) is 0 Å². The summed E-state index contributed by atoms with van der Waals surface area (Å²) in [5.41, 5.74) is -0.408. The molecule has 0 aromatic heterocycles. The molecule has 1 aliphatic rings. The standard InChI is InChI=1S/C10H13N2O5P/c13-9-7-8(10(9)14)12(4-1-3-11-7)5-2-6-18(15,16)17/h2,6,11H,1,3-5H2,(H2,15,16,17). The lowest BCUT2D eigenvalue weighted by atomic mass is 10.1. The topological polar surface area (TPSA) is 107 Å². The number of fused-ring (bicyclic) bond motifs is 1. The first-order chi connectivity index (χ1) is 8.40. The molecule has 0 unspecified atom stereocenters. The fraction of sp³-hybridized carbons (Fsp3) is 0.400. The van der Waals surface area contributed by atoms with E-state index in [1.54, 1.807) is 4.90 Å². The molecule has 2 rings (SSSR count). The highest BCUT2D eigenvalue weighted by molar-refractivity contribution is 7.55. The van der Waals surface area contributed by atoms with Crippen molar-refractivity contribution in [1.82, 2.24) is 0 Å². The summed E-state index contributed by atoms with van der Waals surface area (Å²) in [4.78, 5) is 41.8. The Morgan fingerprint density at radius 2 is 2.06 bits per heavy atom. The maximum Gasteiger partial charge on any atom is 0.348 e. The molecule has 0 fully saturated rings. The van der Waals surface area contributed by atoms with Crippen LogP contribution < -0.4 is 21.1 Å². The Labute approximate surface area is 103 Å². The minimum atomic E-state index is -4.18. The first-order valence-electron chi connectivity index (χ1n) is 5.45. The van der Waals surface area contributed by atoms with Crippen molar-refractivity contribution in [2.45, 2.75) is 6.42 Å². The molecule has 0 bridgehead atoms. The van der Waals surface area contributed by atoms with E-state index in [4.69, 9.17) is 9.79 Å². The maximum absolute atomic E-state index is 11.5. The van der Waals surface area contributed by atoms with Gasteiger partial charge in [-0.25, -0.2) is 0 Å². The van der Waals surface area contributed by atoms with E-state index in [9.17, 15) is 14.2 Å². The second-order valence-electron chi connectivity index (χ2n) is 4.08. The molecule has 0 saturated carbocycles. The van der Waals surface area contributed by atoms with Crippen molar-refractivity contribution in [3.63, 3.8) is 0 Å². The molecule has 0 radical (unpaired) electrons. The summed E-state index contributed by atoms with van der Waals surface area (Å²) >= 11 is 0. The molecule has 1 aliphatic heterocycles. The van der Waals surface area contributed by atoms with Crippen LogP contribution in [0.25, 0.3) is 0 Å². The van der Waals surface area contributed by atoms with Gasteiger partial charge in [-0.05, 0) is 6.42 Å². The van der Waals surface area contributed by atoms with Gasteiger partial charge in [-0.15, -0.1) is 0 Å².